The van der Waals surface area contributed by atoms with Crippen LogP contribution in [0.5, 0.6) is 23.3 Å². The van der Waals surface area contributed by atoms with Gasteiger partial charge >= 0.3 is 0 Å². The van der Waals surface area contributed by atoms with Crippen molar-refractivity contribution >= 4 is 33.4 Å². The van der Waals surface area contributed by atoms with Gasteiger partial charge in [-0.2, -0.15) is 0 Å². The maximum Gasteiger partial charge on any atom is 0.257 e. The van der Waals surface area contributed by atoms with E-state index < -0.39 is 33.3 Å². The van der Waals surface area contributed by atoms with Crippen molar-refractivity contribution in [1.29, 1.82) is 0 Å². The number of thioether (sulfide) groups is 1. The standard InChI is InChI=1S/C20H23FN2O5S.C20H23FN2O3S/c1-29(26,27)17-4-2-3-16(10-17)28-20-18(9-14(21)11-22-20)19(25)23-15-7-5-13(12-24)6-8-15;1-27-17-4-2-3-16(10-17)26-20-18(9-14(21)11-22-20)19(25)23-15-7-5-13(12-24)6-8-15/h2-4,9-11,13,15,24H,5-8,12H2,1H3,(H,23,25);2-4,9-11,13,15,24H,5-8,12H2,1H3,(H,23,25). The second-order valence-electron chi connectivity index (χ2n) is 13.9. The number of pyridine rings is 2. The van der Waals surface area contributed by atoms with Crippen molar-refractivity contribution in [1.82, 2.24) is 20.6 Å². The number of amides is 2. The number of rotatable bonds is 12. The lowest BCUT2D eigenvalue weighted by atomic mass is 9.86. The molecule has 0 bridgehead atoms. The number of hydrogen-bond donors (Lipinski definition) is 4. The molecule has 0 saturated heterocycles. The molecule has 0 radical (unpaired) electrons. The average molecular weight is 813 g/mol. The van der Waals surface area contributed by atoms with Gasteiger partial charge in [0.05, 0.1) is 17.3 Å². The van der Waals surface area contributed by atoms with Crippen molar-refractivity contribution in [2.45, 2.75) is 73.2 Å². The molecule has 2 aromatic carbocycles. The lowest BCUT2D eigenvalue weighted by molar-refractivity contribution is 0.0901. The van der Waals surface area contributed by atoms with Crippen LogP contribution in [0.3, 0.4) is 0 Å². The fourth-order valence-corrected chi connectivity index (χ4v) is 7.61. The Morgan fingerprint density at radius 3 is 1.61 bits per heavy atom. The third kappa shape index (κ3) is 12.2. The molecule has 2 fully saturated rings. The summed E-state index contributed by atoms with van der Waals surface area (Å²) in [6.45, 7) is 0.320. The van der Waals surface area contributed by atoms with Crippen LogP contribution in [0.15, 0.2) is 82.8 Å². The summed E-state index contributed by atoms with van der Waals surface area (Å²) in [7, 11) is -3.43. The van der Waals surface area contributed by atoms with Crippen LogP contribution in [-0.4, -0.2) is 78.2 Å². The highest BCUT2D eigenvalue weighted by Gasteiger charge is 2.26. The van der Waals surface area contributed by atoms with E-state index in [0.717, 1.165) is 87.0 Å². The second-order valence-corrected chi connectivity index (χ2v) is 16.8. The van der Waals surface area contributed by atoms with Gasteiger partial charge in [0.1, 0.15) is 34.3 Å². The first-order chi connectivity index (χ1) is 26.8. The van der Waals surface area contributed by atoms with Crippen LogP contribution in [0, 0.1) is 23.5 Å². The smallest absolute Gasteiger partial charge is 0.257 e. The third-order valence-electron chi connectivity index (χ3n) is 9.71. The summed E-state index contributed by atoms with van der Waals surface area (Å²) in [5.74, 6) is -0.954. The van der Waals surface area contributed by atoms with Crippen LogP contribution in [0.25, 0.3) is 0 Å². The van der Waals surface area contributed by atoms with E-state index in [1.807, 2.05) is 24.5 Å². The van der Waals surface area contributed by atoms with Crippen molar-refractivity contribution in [3.63, 3.8) is 0 Å². The Labute approximate surface area is 329 Å². The number of benzene rings is 2. The quantitative estimate of drug-likeness (QED) is 0.112. The van der Waals surface area contributed by atoms with Gasteiger partial charge in [-0.15, -0.1) is 11.8 Å². The van der Waals surface area contributed by atoms with E-state index in [9.17, 15) is 37.0 Å². The van der Waals surface area contributed by atoms with Crippen LogP contribution in [-0.2, 0) is 9.84 Å². The van der Waals surface area contributed by atoms with Gasteiger partial charge in [0.15, 0.2) is 9.84 Å². The van der Waals surface area contributed by atoms with Gasteiger partial charge in [-0.05, 0) is 118 Å². The van der Waals surface area contributed by atoms with Gasteiger partial charge in [-0.25, -0.2) is 27.2 Å². The fraction of sp³-hybridized carbons (Fsp3) is 0.400. The van der Waals surface area contributed by atoms with Crippen molar-refractivity contribution in [2.75, 3.05) is 25.7 Å². The van der Waals surface area contributed by atoms with Crippen LogP contribution < -0.4 is 20.1 Å². The van der Waals surface area contributed by atoms with Crippen LogP contribution >= 0.6 is 11.8 Å². The molecule has 16 heteroatoms. The molecule has 4 N–H and O–H groups in total. The monoisotopic (exact) mass is 812 g/mol. The van der Waals surface area contributed by atoms with Gasteiger partial charge in [0, 0.05) is 36.4 Å². The predicted octanol–water partition coefficient (Wildman–Crippen LogP) is 6.71. The second kappa shape index (κ2) is 20.0. The number of halogens is 2. The van der Waals surface area contributed by atoms with Crippen molar-refractivity contribution in [3.05, 3.63) is 95.8 Å². The Hall–Kier alpha value is -4.64. The minimum absolute atomic E-state index is 0.0104. The summed E-state index contributed by atoms with van der Waals surface area (Å²) in [5.41, 5.74) is 0.00729. The van der Waals surface area contributed by atoms with Gasteiger partial charge in [-0.1, -0.05) is 12.1 Å². The topological polar surface area (TPSA) is 177 Å². The summed E-state index contributed by atoms with van der Waals surface area (Å²) in [4.78, 5) is 34.3. The zero-order chi connectivity index (χ0) is 40.2. The molecule has 0 unspecified atom stereocenters. The molecule has 0 aliphatic heterocycles. The lowest BCUT2D eigenvalue weighted by Crippen LogP contribution is -2.38. The summed E-state index contributed by atoms with van der Waals surface area (Å²) >= 11 is 1.57. The number of sulfone groups is 1. The molecule has 2 aliphatic rings. The molecule has 2 amide bonds. The molecule has 0 atom stereocenters. The SMILES string of the molecule is CS(=O)(=O)c1cccc(Oc2ncc(F)cc2C(=O)NC2CCC(CO)CC2)c1.CSc1cccc(Oc2ncc(F)cc2C(=O)NC2CCC(CO)CC2)c1. The summed E-state index contributed by atoms with van der Waals surface area (Å²) in [6.07, 6.45) is 11.4. The summed E-state index contributed by atoms with van der Waals surface area (Å²) in [6, 6.07) is 15.3. The number of aliphatic hydroxyl groups is 2. The molecule has 2 saturated carbocycles. The van der Waals surface area contributed by atoms with Gasteiger partial charge in [-0.3, -0.25) is 9.59 Å². The molecular weight excluding hydrogens is 767 g/mol. The van der Waals surface area contributed by atoms with Crippen molar-refractivity contribution in [3.8, 4) is 23.3 Å². The van der Waals surface area contributed by atoms with E-state index in [-0.39, 0.29) is 64.7 Å². The van der Waals surface area contributed by atoms with E-state index in [1.54, 1.807) is 17.8 Å². The molecule has 2 heterocycles. The molecule has 56 heavy (non-hydrogen) atoms. The van der Waals surface area contributed by atoms with E-state index >= 15 is 0 Å². The Balaban J connectivity index is 0.000000215. The Bertz CT molecular complexity index is 2080. The van der Waals surface area contributed by atoms with Crippen LogP contribution in [0.4, 0.5) is 8.78 Å². The van der Waals surface area contributed by atoms with Gasteiger partial charge in [0.2, 0.25) is 11.8 Å². The van der Waals surface area contributed by atoms with E-state index in [1.165, 1.54) is 24.3 Å². The average Bonchev–Trinajstić information content (AvgIpc) is 3.20. The third-order valence-corrected chi connectivity index (χ3v) is 11.5. The molecular formula is C40H46F2N4O8S2. The van der Waals surface area contributed by atoms with Crippen molar-refractivity contribution in [2.24, 2.45) is 11.8 Å². The molecule has 0 spiro atoms. The largest absolute Gasteiger partial charge is 0.438 e. The lowest BCUT2D eigenvalue weighted by Gasteiger charge is -2.28. The number of carbonyl (C=O) groups excluding carboxylic acids is 2. The van der Waals surface area contributed by atoms with E-state index in [0.29, 0.717) is 11.7 Å². The maximum absolute atomic E-state index is 13.7. The van der Waals surface area contributed by atoms with Crippen molar-refractivity contribution < 1.29 is 46.5 Å². The number of carbonyl (C=O) groups is 2. The number of aliphatic hydroxyl groups excluding tert-OH is 2. The minimum atomic E-state index is -3.43. The summed E-state index contributed by atoms with van der Waals surface area (Å²) < 4.78 is 62.3. The number of ether oxygens (including phenoxy) is 2. The maximum atomic E-state index is 13.7. The highest BCUT2D eigenvalue weighted by atomic mass is 32.2. The minimum Gasteiger partial charge on any atom is -0.438 e. The zero-order valence-corrected chi connectivity index (χ0v) is 32.8. The zero-order valence-electron chi connectivity index (χ0n) is 31.1. The normalized spacial score (nSPS) is 19.5. The van der Waals surface area contributed by atoms with Crippen LogP contribution in [0.1, 0.15) is 72.1 Å². The van der Waals surface area contributed by atoms with Crippen LogP contribution in [0.2, 0.25) is 0 Å². The first-order valence-corrected chi connectivity index (χ1v) is 21.4. The molecule has 300 valence electrons. The Morgan fingerprint density at radius 1 is 0.732 bits per heavy atom. The van der Waals surface area contributed by atoms with E-state index in [2.05, 4.69) is 20.6 Å². The van der Waals surface area contributed by atoms with E-state index in [4.69, 9.17) is 9.47 Å². The molecule has 2 aliphatic carbocycles. The summed E-state index contributed by atoms with van der Waals surface area (Å²) in [5, 5.41) is 24.3. The number of aromatic nitrogens is 2. The molecule has 12 nitrogen and oxygen atoms in total. The Morgan fingerprint density at radius 2 is 1.18 bits per heavy atom. The van der Waals surface area contributed by atoms with Gasteiger partial charge in [0.25, 0.3) is 11.8 Å². The predicted molar refractivity (Wildman–Crippen MR) is 207 cm³/mol. The van der Waals surface area contributed by atoms with Gasteiger partial charge < -0.3 is 30.3 Å². The molecule has 4 aromatic rings. The Kier molecular flexibility index (Phi) is 15.2. The number of hydrogen-bond acceptors (Lipinski definition) is 11. The first-order valence-electron chi connectivity index (χ1n) is 18.3. The first kappa shape index (κ1) is 42.5. The highest BCUT2D eigenvalue weighted by molar-refractivity contribution is 7.98. The number of nitrogens with one attached hydrogen (secondary N) is 2. The molecule has 2 aromatic heterocycles. The number of nitrogens with zero attached hydrogens (tertiary/aromatic N) is 2. The fourth-order valence-electron chi connectivity index (χ4n) is 6.50. The highest BCUT2D eigenvalue weighted by Crippen LogP contribution is 2.30. The molecule has 6 rings (SSSR count).